The number of aryl methyl sites for hydroxylation is 2. The molecule has 0 radical (unpaired) electrons. The molecular weight excluding hydrogens is 392 g/mol. The molecule has 0 unspecified atom stereocenters. The van der Waals surface area contributed by atoms with E-state index < -0.39 is 5.97 Å². The van der Waals surface area contributed by atoms with Gasteiger partial charge in [-0.25, -0.2) is 9.78 Å². The third-order valence-corrected chi connectivity index (χ3v) is 5.78. The Labute approximate surface area is 169 Å². The van der Waals surface area contributed by atoms with Crippen molar-refractivity contribution in [1.29, 1.82) is 0 Å². The van der Waals surface area contributed by atoms with E-state index in [9.17, 15) is 9.59 Å². The maximum absolute atomic E-state index is 12.1. The highest BCUT2D eigenvalue weighted by Crippen LogP contribution is 2.33. The third-order valence-electron chi connectivity index (χ3n) is 5.02. The summed E-state index contributed by atoms with van der Waals surface area (Å²) in [5, 5.41) is 2.83. The quantitative estimate of drug-likeness (QED) is 0.468. The highest BCUT2D eigenvalue weighted by molar-refractivity contribution is 7.15. The Bertz CT molecular complexity index is 1270. The maximum Gasteiger partial charge on any atom is 0.344 e. The molecule has 7 nitrogen and oxygen atoms in total. The monoisotopic (exact) mass is 410 g/mol. The van der Waals surface area contributed by atoms with Gasteiger partial charge in [0.2, 0.25) is 0 Å². The van der Waals surface area contributed by atoms with E-state index in [0.29, 0.717) is 16.4 Å². The number of hydrogen-bond acceptors (Lipinski definition) is 7. The summed E-state index contributed by atoms with van der Waals surface area (Å²) in [5.41, 5.74) is 2.32. The van der Waals surface area contributed by atoms with Crippen LogP contribution in [-0.2, 0) is 29.0 Å². The number of fused-ring (bicyclic) bond motifs is 4. The number of aromatic nitrogens is 2. The molecule has 0 spiro atoms. The molecule has 8 heteroatoms. The Morgan fingerprint density at radius 3 is 3.07 bits per heavy atom. The standard InChI is InChI=1S/C21H18N2O5S/c24-19-9-13(22-21-23(19)7-8-29-21)11-27-20(25)12-26-14-5-6-18-16(10-14)15-3-1-2-4-17(15)28-18/h5-10H,1-4,11-12H2. The Morgan fingerprint density at radius 1 is 1.24 bits per heavy atom. The number of ether oxygens (including phenoxy) is 2. The largest absolute Gasteiger partial charge is 0.482 e. The smallest absolute Gasteiger partial charge is 0.344 e. The van der Waals surface area contributed by atoms with Gasteiger partial charge in [0, 0.05) is 35.0 Å². The van der Waals surface area contributed by atoms with Gasteiger partial charge in [0.05, 0.1) is 5.69 Å². The second-order valence-electron chi connectivity index (χ2n) is 6.96. The molecule has 0 bridgehead atoms. The Kier molecular flexibility index (Phi) is 4.55. The molecule has 1 aromatic carbocycles. The van der Waals surface area contributed by atoms with Crippen molar-refractivity contribution in [1.82, 2.24) is 9.38 Å². The van der Waals surface area contributed by atoms with E-state index in [1.54, 1.807) is 17.6 Å². The van der Waals surface area contributed by atoms with Crippen LogP contribution in [0.1, 0.15) is 29.9 Å². The normalized spacial score (nSPS) is 13.5. The lowest BCUT2D eigenvalue weighted by atomic mass is 9.96. The molecule has 5 rings (SSSR count). The second kappa shape index (κ2) is 7.36. The highest BCUT2D eigenvalue weighted by atomic mass is 32.1. The van der Waals surface area contributed by atoms with Crippen LogP contribution in [0.4, 0.5) is 0 Å². The minimum Gasteiger partial charge on any atom is -0.482 e. The maximum atomic E-state index is 12.1. The number of carbonyl (C=O) groups is 1. The minimum atomic E-state index is -0.521. The van der Waals surface area contributed by atoms with Crippen LogP contribution in [0.5, 0.6) is 5.75 Å². The number of esters is 1. The zero-order valence-electron chi connectivity index (χ0n) is 15.6. The molecule has 148 valence electrons. The van der Waals surface area contributed by atoms with Crippen molar-refractivity contribution >= 4 is 33.2 Å². The van der Waals surface area contributed by atoms with Crippen LogP contribution in [0.15, 0.2) is 45.1 Å². The van der Waals surface area contributed by atoms with Crippen molar-refractivity contribution in [2.45, 2.75) is 32.3 Å². The molecular formula is C21H18N2O5S. The number of thiazole rings is 1. The Morgan fingerprint density at radius 2 is 2.14 bits per heavy atom. The van der Waals surface area contributed by atoms with E-state index in [-0.39, 0.29) is 18.8 Å². The van der Waals surface area contributed by atoms with Gasteiger partial charge >= 0.3 is 5.97 Å². The molecule has 3 heterocycles. The fraction of sp³-hybridized carbons (Fsp3) is 0.286. The zero-order chi connectivity index (χ0) is 19.8. The van der Waals surface area contributed by atoms with E-state index in [1.807, 2.05) is 12.1 Å². The fourth-order valence-electron chi connectivity index (χ4n) is 3.63. The average Bonchev–Trinajstić information content (AvgIpc) is 3.35. The molecule has 29 heavy (non-hydrogen) atoms. The molecule has 3 aromatic heterocycles. The summed E-state index contributed by atoms with van der Waals surface area (Å²) >= 11 is 1.35. The first-order chi connectivity index (χ1) is 14.2. The molecule has 4 aromatic rings. The predicted molar refractivity (Wildman–Crippen MR) is 107 cm³/mol. The van der Waals surface area contributed by atoms with Crippen molar-refractivity contribution in [3.8, 4) is 5.75 Å². The van der Waals surface area contributed by atoms with Crippen molar-refractivity contribution in [2.75, 3.05) is 6.61 Å². The summed E-state index contributed by atoms with van der Waals surface area (Å²) in [6.45, 7) is -0.286. The van der Waals surface area contributed by atoms with Crippen LogP contribution in [-0.4, -0.2) is 22.0 Å². The van der Waals surface area contributed by atoms with E-state index in [1.165, 1.54) is 27.4 Å². The summed E-state index contributed by atoms with van der Waals surface area (Å²) in [5.74, 6) is 1.14. The molecule has 0 saturated carbocycles. The van der Waals surface area contributed by atoms with E-state index in [4.69, 9.17) is 13.9 Å². The van der Waals surface area contributed by atoms with Crippen molar-refractivity contribution < 1.29 is 18.7 Å². The Hall–Kier alpha value is -3.13. The van der Waals surface area contributed by atoms with E-state index >= 15 is 0 Å². The molecule has 0 N–H and O–H groups in total. The van der Waals surface area contributed by atoms with Gasteiger partial charge in [-0.3, -0.25) is 9.20 Å². The number of carbonyl (C=O) groups excluding carboxylic acids is 1. The molecule has 1 aliphatic carbocycles. The van der Waals surface area contributed by atoms with Gasteiger partial charge in [0.1, 0.15) is 23.7 Å². The van der Waals surface area contributed by atoms with Crippen LogP contribution in [0.25, 0.3) is 15.9 Å². The number of hydrogen-bond donors (Lipinski definition) is 0. The second-order valence-corrected chi connectivity index (χ2v) is 7.83. The fourth-order valence-corrected chi connectivity index (χ4v) is 4.37. The molecule has 1 aliphatic rings. The van der Waals surface area contributed by atoms with Crippen LogP contribution < -0.4 is 10.3 Å². The SMILES string of the molecule is O=C(COc1ccc2oc3c(c2c1)CCCC3)OCc1cc(=O)n2ccsc2n1. The van der Waals surface area contributed by atoms with Gasteiger partial charge in [-0.2, -0.15) is 0 Å². The number of rotatable bonds is 5. The topological polar surface area (TPSA) is 83.0 Å². The summed E-state index contributed by atoms with van der Waals surface area (Å²) in [7, 11) is 0. The van der Waals surface area contributed by atoms with Crippen LogP contribution in [0.2, 0.25) is 0 Å². The lowest BCUT2D eigenvalue weighted by Crippen LogP contribution is -2.17. The summed E-state index contributed by atoms with van der Waals surface area (Å²) in [6, 6.07) is 6.95. The van der Waals surface area contributed by atoms with Gasteiger partial charge in [-0.15, -0.1) is 11.3 Å². The van der Waals surface area contributed by atoms with Gasteiger partial charge in [0.25, 0.3) is 5.56 Å². The first kappa shape index (κ1) is 17.9. The third kappa shape index (κ3) is 3.51. The van der Waals surface area contributed by atoms with Crippen molar-refractivity contribution in [2.24, 2.45) is 0 Å². The summed E-state index contributed by atoms with van der Waals surface area (Å²) in [4.78, 5) is 28.9. The van der Waals surface area contributed by atoms with E-state index in [0.717, 1.165) is 42.4 Å². The Balaban J connectivity index is 1.22. The van der Waals surface area contributed by atoms with E-state index in [2.05, 4.69) is 4.98 Å². The summed E-state index contributed by atoms with van der Waals surface area (Å²) < 4.78 is 18.2. The number of furan rings is 1. The highest BCUT2D eigenvalue weighted by Gasteiger charge is 2.18. The zero-order valence-corrected chi connectivity index (χ0v) is 16.4. The first-order valence-corrected chi connectivity index (χ1v) is 10.3. The average molecular weight is 410 g/mol. The van der Waals surface area contributed by atoms with Gasteiger partial charge in [0.15, 0.2) is 11.6 Å². The molecule has 0 fully saturated rings. The van der Waals surface area contributed by atoms with Crippen LogP contribution >= 0.6 is 11.3 Å². The lowest BCUT2D eigenvalue weighted by Gasteiger charge is -2.09. The minimum absolute atomic E-state index is 0.0693. The summed E-state index contributed by atoms with van der Waals surface area (Å²) in [6.07, 6.45) is 5.96. The number of benzene rings is 1. The lowest BCUT2D eigenvalue weighted by molar-refractivity contribution is -0.147. The van der Waals surface area contributed by atoms with Gasteiger partial charge in [-0.1, -0.05) is 0 Å². The number of nitrogens with zero attached hydrogens (tertiary/aromatic N) is 2. The van der Waals surface area contributed by atoms with Gasteiger partial charge < -0.3 is 13.9 Å². The molecule has 0 aliphatic heterocycles. The predicted octanol–water partition coefficient (Wildman–Crippen LogP) is 3.50. The van der Waals surface area contributed by atoms with Crippen molar-refractivity contribution in [3.63, 3.8) is 0 Å². The van der Waals surface area contributed by atoms with Crippen LogP contribution in [0.3, 0.4) is 0 Å². The molecule has 0 saturated heterocycles. The van der Waals surface area contributed by atoms with Gasteiger partial charge in [-0.05, 0) is 37.5 Å². The van der Waals surface area contributed by atoms with Crippen LogP contribution in [0, 0.1) is 0 Å². The molecule has 0 amide bonds. The first-order valence-electron chi connectivity index (χ1n) is 9.46. The van der Waals surface area contributed by atoms with Crippen molar-refractivity contribution in [3.05, 3.63) is 63.2 Å². The molecule has 0 atom stereocenters.